The number of unbranched alkanes of at least 4 members (excludes halogenated alkanes) is 2. The molecule has 0 saturated heterocycles. The van der Waals surface area contributed by atoms with Crippen molar-refractivity contribution in [2.45, 2.75) is 45.4 Å². The molecule has 1 radical (unpaired) electrons. The fourth-order valence-electron chi connectivity index (χ4n) is 1.71. The molecule has 2 heteroatoms. The SMILES string of the molecule is CCCCCc1ccc(CCC([NH])=O)cc1. The van der Waals surface area contributed by atoms with Crippen LogP contribution in [0.3, 0.4) is 0 Å². The maximum atomic E-state index is 10.5. The average Bonchev–Trinajstić information content (AvgIpc) is 2.28. The molecule has 0 unspecified atom stereocenters. The predicted molar refractivity (Wildman–Crippen MR) is 66.1 cm³/mol. The van der Waals surface area contributed by atoms with Gasteiger partial charge in [-0.3, -0.25) is 10.5 Å². The number of benzene rings is 1. The van der Waals surface area contributed by atoms with Crippen molar-refractivity contribution in [2.24, 2.45) is 0 Å². The first-order valence-corrected chi connectivity index (χ1v) is 6.04. The van der Waals surface area contributed by atoms with Gasteiger partial charge in [0.05, 0.1) is 0 Å². The Bertz CT molecular complexity index is 316. The lowest BCUT2D eigenvalue weighted by Gasteiger charge is -2.03. The van der Waals surface area contributed by atoms with Crippen molar-refractivity contribution in [1.82, 2.24) is 5.73 Å². The summed E-state index contributed by atoms with van der Waals surface area (Å²) in [5.74, 6) is -0.480. The van der Waals surface area contributed by atoms with E-state index in [-0.39, 0.29) is 0 Å². The quantitative estimate of drug-likeness (QED) is 0.648. The van der Waals surface area contributed by atoms with Crippen molar-refractivity contribution in [2.75, 3.05) is 0 Å². The van der Waals surface area contributed by atoms with E-state index in [0.29, 0.717) is 12.8 Å². The van der Waals surface area contributed by atoms with Crippen LogP contribution in [0.5, 0.6) is 0 Å². The van der Waals surface area contributed by atoms with Crippen molar-refractivity contribution >= 4 is 5.91 Å². The van der Waals surface area contributed by atoms with Crippen LogP contribution in [-0.2, 0) is 17.6 Å². The molecular weight excluding hydrogens is 198 g/mol. The third kappa shape index (κ3) is 4.96. The van der Waals surface area contributed by atoms with E-state index >= 15 is 0 Å². The summed E-state index contributed by atoms with van der Waals surface area (Å²) in [4.78, 5) is 10.5. The summed E-state index contributed by atoms with van der Waals surface area (Å²) in [5.41, 5.74) is 9.36. The number of aryl methyl sites for hydroxylation is 2. The number of rotatable bonds is 7. The minimum absolute atomic E-state index is 0.329. The molecule has 0 fully saturated rings. The Kier molecular flexibility index (Phi) is 5.62. The first-order valence-electron chi connectivity index (χ1n) is 6.04. The first-order chi connectivity index (χ1) is 7.72. The molecule has 0 bridgehead atoms. The van der Waals surface area contributed by atoms with Gasteiger partial charge in [0.1, 0.15) is 0 Å². The summed E-state index contributed by atoms with van der Waals surface area (Å²) in [6.45, 7) is 2.21. The van der Waals surface area contributed by atoms with E-state index in [1.165, 1.54) is 24.8 Å². The average molecular weight is 218 g/mol. The zero-order chi connectivity index (χ0) is 11.8. The van der Waals surface area contributed by atoms with Gasteiger partial charge in [-0.25, -0.2) is 0 Å². The summed E-state index contributed by atoms with van der Waals surface area (Å²) in [6, 6.07) is 8.42. The van der Waals surface area contributed by atoms with Gasteiger partial charge >= 0.3 is 0 Å². The molecule has 1 amide bonds. The minimum atomic E-state index is -0.480. The first kappa shape index (κ1) is 12.8. The molecule has 1 rings (SSSR count). The number of hydrogen-bond acceptors (Lipinski definition) is 1. The van der Waals surface area contributed by atoms with Crippen molar-refractivity contribution in [3.05, 3.63) is 35.4 Å². The molecule has 2 nitrogen and oxygen atoms in total. The van der Waals surface area contributed by atoms with Gasteiger partial charge in [0, 0.05) is 6.42 Å². The molecule has 0 aliphatic rings. The standard InChI is InChI=1S/C14H20NO/c1-2-3-4-5-12-6-8-13(9-7-12)10-11-14(15)16/h6-9,15H,2-5,10-11H2,1H3. The highest BCUT2D eigenvalue weighted by atomic mass is 16.1. The molecule has 16 heavy (non-hydrogen) atoms. The Morgan fingerprint density at radius 2 is 1.62 bits per heavy atom. The highest BCUT2D eigenvalue weighted by Gasteiger charge is 1.98. The van der Waals surface area contributed by atoms with Crippen LogP contribution in [0.2, 0.25) is 0 Å². The Morgan fingerprint density at radius 3 is 2.12 bits per heavy atom. The van der Waals surface area contributed by atoms with Crippen LogP contribution >= 0.6 is 0 Å². The number of carbonyl (C=O) groups excluding carboxylic acids is 1. The van der Waals surface area contributed by atoms with Gasteiger partial charge in [-0.05, 0) is 30.4 Å². The molecule has 87 valence electrons. The zero-order valence-corrected chi connectivity index (χ0v) is 9.96. The summed E-state index contributed by atoms with van der Waals surface area (Å²) < 4.78 is 0. The molecule has 0 heterocycles. The highest BCUT2D eigenvalue weighted by molar-refractivity contribution is 5.73. The fourth-order valence-corrected chi connectivity index (χ4v) is 1.71. The Hall–Kier alpha value is -1.31. The van der Waals surface area contributed by atoms with Crippen LogP contribution < -0.4 is 5.73 Å². The Labute approximate surface area is 97.9 Å². The van der Waals surface area contributed by atoms with Crippen molar-refractivity contribution < 1.29 is 4.79 Å². The molecular formula is C14H20NO. The maximum Gasteiger partial charge on any atom is 0.238 e. The third-order valence-electron chi connectivity index (χ3n) is 2.73. The monoisotopic (exact) mass is 218 g/mol. The molecule has 0 spiro atoms. The number of carbonyl (C=O) groups is 1. The third-order valence-corrected chi connectivity index (χ3v) is 2.73. The van der Waals surface area contributed by atoms with Crippen LogP contribution in [0, 0.1) is 0 Å². The van der Waals surface area contributed by atoms with E-state index in [1.807, 2.05) is 0 Å². The van der Waals surface area contributed by atoms with E-state index < -0.39 is 5.91 Å². The molecule has 1 N–H and O–H groups in total. The van der Waals surface area contributed by atoms with Gasteiger partial charge in [0.2, 0.25) is 5.91 Å². The molecule has 0 aromatic heterocycles. The lowest BCUT2D eigenvalue weighted by atomic mass is 10.0. The molecule has 1 aromatic carbocycles. The second-order valence-electron chi connectivity index (χ2n) is 4.20. The van der Waals surface area contributed by atoms with E-state index in [9.17, 15) is 4.79 Å². The molecule has 0 atom stereocenters. The molecule has 0 aliphatic heterocycles. The molecule has 1 aromatic rings. The predicted octanol–water partition coefficient (Wildman–Crippen LogP) is 3.16. The Balaban J connectivity index is 2.38. The van der Waals surface area contributed by atoms with Gasteiger partial charge in [-0.1, -0.05) is 44.0 Å². The van der Waals surface area contributed by atoms with Crippen LogP contribution in [0.15, 0.2) is 24.3 Å². The maximum absolute atomic E-state index is 10.5. The number of nitrogens with one attached hydrogen (secondary N) is 1. The van der Waals surface area contributed by atoms with Gasteiger partial charge in [-0.15, -0.1) is 0 Å². The van der Waals surface area contributed by atoms with Crippen molar-refractivity contribution in [1.29, 1.82) is 0 Å². The lowest BCUT2D eigenvalue weighted by molar-refractivity contribution is -0.118. The summed E-state index contributed by atoms with van der Waals surface area (Å²) in [6.07, 6.45) is 5.96. The van der Waals surface area contributed by atoms with E-state index in [0.717, 1.165) is 12.0 Å². The minimum Gasteiger partial charge on any atom is -0.273 e. The fraction of sp³-hybridized carbons (Fsp3) is 0.500. The molecule has 0 saturated carbocycles. The normalized spacial score (nSPS) is 10.3. The lowest BCUT2D eigenvalue weighted by Crippen LogP contribution is -1.99. The number of hydrogen-bond donors (Lipinski definition) is 0. The van der Waals surface area contributed by atoms with Crippen LogP contribution in [-0.4, -0.2) is 5.91 Å². The van der Waals surface area contributed by atoms with Crippen LogP contribution in [0.25, 0.3) is 0 Å². The van der Waals surface area contributed by atoms with E-state index in [2.05, 4.69) is 31.2 Å². The number of amides is 1. The topological polar surface area (TPSA) is 40.9 Å². The van der Waals surface area contributed by atoms with Gasteiger partial charge in [0.25, 0.3) is 0 Å². The van der Waals surface area contributed by atoms with E-state index in [4.69, 9.17) is 5.73 Å². The van der Waals surface area contributed by atoms with Crippen molar-refractivity contribution in [3.8, 4) is 0 Å². The largest absolute Gasteiger partial charge is 0.273 e. The highest BCUT2D eigenvalue weighted by Crippen LogP contribution is 2.10. The van der Waals surface area contributed by atoms with Gasteiger partial charge < -0.3 is 0 Å². The smallest absolute Gasteiger partial charge is 0.238 e. The van der Waals surface area contributed by atoms with Gasteiger partial charge in [0.15, 0.2) is 0 Å². The summed E-state index contributed by atoms with van der Waals surface area (Å²) in [5, 5.41) is 0. The Morgan fingerprint density at radius 1 is 1.06 bits per heavy atom. The van der Waals surface area contributed by atoms with Crippen molar-refractivity contribution in [3.63, 3.8) is 0 Å². The summed E-state index contributed by atoms with van der Waals surface area (Å²) in [7, 11) is 0. The van der Waals surface area contributed by atoms with Crippen LogP contribution in [0.1, 0.15) is 43.7 Å². The molecule has 0 aliphatic carbocycles. The second-order valence-corrected chi connectivity index (χ2v) is 4.20. The van der Waals surface area contributed by atoms with Gasteiger partial charge in [-0.2, -0.15) is 0 Å². The van der Waals surface area contributed by atoms with Crippen LogP contribution in [0.4, 0.5) is 0 Å². The zero-order valence-electron chi connectivity index (χ0n) is 9.96. The second kappa shape index (κ2) is 7.04. The van der Waals surface area contributed by atoms with E-state index in [1.54, 1.807) is 0 Å². The summed E-state index contributed by atoms with van der Waals surface area (Å²) >= 11 is 0.